The monoisotopic (exact) mass is 704 g/mol. The van der Waals surface area contributed by atoms with Crippen LogP contribution in [0, 0.1) is 0 Å². The van der Waals surface area contributed by atoms with Gasteiger partial charge in [-0.25, -0.2) is 0 Å². The summed E-state index contributed by atoms with van der Waals surface area (Å²) in [5, 5.41) is 4.31. The predicted molar refractivity (Wildman–Crippen MR) is 209 cm³/mol. The van der Waals surface area contributed by atoms with Crippen molar-refractivity contribution in [3.05, 3.63) is 156 Å². The fraction of sp³-hybridized carbons (Fsp3) is 0.130. The Morgan fingerprint density at radius 2 is 0.667 bits per heavy atom. The zero-order chi connectivity index (χ0) is 36.2. The molecule has 0 radical (unpaired) electrons. The van der Waals surface area contributed by atoms with E-state index >= 15 is 0 Å². The molecular weight excluding hydrogens is 673 g/mol. The lowest BCUT2D eigenvalue weighted by Gasteiger charge is -2.36. The molecular formula is C46H32N4O4. The van der Waals surface area contributed by atoms with Gasteiger partial charge in [-0.05, 0) is 74.2 Å². The van der Waals surface area contributed by atoms with Crippen molar-refractivity contribution in [3.8, 4) is 11.4 Å². The highest BCUT2D eigenvalue weighted by atomic mass is 16.2. The number of nitrogens with zero attached hydrogens (tertiary/aromatic N) is 4. The first-order valence-electron chi connectivity index (χ1n) is 18.5. The fourth-order valence-electron chi connectivity index (χ4n) is 9.55. The van der Waals surface area contributed by atoms with E-state index in [4.69, 9.17) is 0 Å². The molecule has 1 fully saturated rings. The highest BCUT2D eigenvalue weighted by Gasteiger charge is 2.47. The summed E-state index contributed by atoms with van der Waals surface area (Å²) in [5.74, 6) is -1.19. The van der Waals surface area contributed by atoms with E-state index < -0.39 is 0 Å². The van der Waals surface area contributed by atoms with E-state index in [0.29, 0.717) is 59.3 Å². The van der Waals surface area contributed by atoms with Crippen LogP contribution in [0.3, 0.4) is 0 Å². The Balaban J connectivity index is 0.896. The largest absolute Gasteiger partial charge is 0.308 e. The standard InChI is InChI=1S/C46H32N4O4/c51-43-33-15-9-21-39(49-35-17-5-1-11-29(35)30-12-2-6-18-36(30)49)41(33)45(53)47(43)27-23-25-28(26-24-27)48-44(52)34-16-10-22-40(42(34)46(48)54)50-37-19-7-3-13-31(37)32-14-4-8-20-38(32)50/h1-22,27-28H,23-26H2. The molecule has 2 aromatic heterocycles. The van der Waals surface area contributed by atoms with Gasteiger partial charge in [0.15, 0.2) is 0 Å². The number of hydrogen-bond donors (Lipinski definition) is 0. The van der Waals surface area contributed by atoms with Crippen LogP contribution in [0.4, 0.5) is 0 Å². The number of imide groups is 2. The van der Waals surface area contributed by atoms with Crippen molar-refractivity contribution in [2.45, 2.75) is 37.8 Å². The molecule has 54 heavy (non-hydrogen) atoms. The molecule has 8 nitrogen and oxygen atoms in total. The summed E-state index contributed by atoms with van der Waals surface area (Å²) in [5.41, 5.74) is 6.86. The SMILES string of the molecule is O=C1c2cccc(-n3c4ccccc4c4ccccc43)c2C(=O)N1C1CCC(N2C(=O)c3cccc(-n4c5ccccc5c5ccccc54)c3C2=O)CC1. The highest BCUT2D eigenvalue weighted by Crippen LogP contribution is 2.41. The van der Waals surface area contributed by atoms with Gasteiger partial charge < -0.3 is 9.13 Å². The molecule has 1 aliphatic carbocycles. The molecule has 3 aliphatic rings. The van der Waals surface area contributed by atoms with E-state index in [1.54, 1.807) is 12.1 Å². The minimum absolute atomic E-state index is 0.294. The van der Waals surface area contributed by atoms with Crippen molar-refractivity contribution in [1.82, 2.24) is 18.9 Å². The summed E-state index contributed by atoms with van der Waals surface area (Å²) in [6.07, 6.45) is 1.98. The number of para-hydroxylation sites is 4. The van der Waals surface area contributed by atoms with Crippen molar-refractivity contribution in [2.75, 3.05) is 0 Å². The molecule has 11 rings (SSSR count). The molecule has 0 atom stereocenters. The van der Waals surface area contributed by atoms with E-state index in [-0.39, 0.29) is 35.7 Å². The van der Waals surface area contributed by atoms with Crippen LogP contribution in [-0.2, 0) is 0 Å². The van der Waals surface area contributed by atoms with Crippen LogP contribution in [0.5, 0.6) is 0 Å². The van der Waals surface area contributed by atoms with Crippen LogP contribution in [0.2, 0.25) is 0 Å². The molecule has 260 valence electrons. The summed E-state index contributed by atoms with van der Waals surface area (Å²) < 4.78 is 4.18. The Hall–Kier alpha value is -6.80. The molecule has 4 amide bonds. The molecule has 0 spiro atoms. The summed E-state index contributed by atoms with van der Waals surface area (Å²) in [6, 6.07) is 42.8. The van der Waals surface area contributed by atoms with Crippen molar-refractivity contribution in [3.63, 3.8) is 0 Å². The Labute approximate surface area is 309 Å². The van der Waals surface area contributed by atoms with Crippen LogP contribution < -0.4 is 0 Å². The maximum Gasteiger partial charge on any atom is 0.263 e. The number of amides is 4. The van der Waals surface area contributed by atoms with Gasteiger partial charge >= 0.3 is 0 Å². The van der Waals surface area contributed by atoms with E-state index in [9.17, 15) is 19.2 Å². The fourth-order valence-corrected chi connectivity index (χ4v) is 9.55. The van der Waals surface area contributed by atoms with Gasteiger partial charge in [0.2, 0.25) is 0 Å². The number of rotatable bonds is 4. The molecule has 0 bridgehead atoms. The third-order valence-corrected chi connectivity index (χ3v) is 11.9. The number of carbonyl (C=O) groups is 4. The first-order valence-corrected chi connectivity index (χ1v) is 18.5. The molecule has 4 heterocycles. The highest BCUT2D eigenvalue weighted by molar-refractivity contribution is 6.25. The van der Waals surface area contributed by atoms with Crippen LogP contribution in [-0.4, -0.2) is 54.6 Å². The Morgan fingerprint density at radius 1 is 0.352 bits per heavy atom. The maximum absolute atomic E-state index is 14.4. The second-order valence-corrected chi connectivity index (χ2v) is 14.6. The average molecular weight is 705 g/mol. The maximum atomic E-state index is 14.4. The molecule has 0 N–H and O–H groups in total. The van der Waals surface area contributed by atoms with Crippen molar-refractivity contribution in [2.24, 2.45) is 0 Å². The molecule has 1 saturated carbocycles. The average Bonchev–Trinajstić information content (AvgIpc) is 3.89. The van der Waals surface area contributed by atoms with E-state index in [2.05, 4.69) is 33.4 Å². The molecule has 8 aromatic rings. The van der Waals surface area contributed by atoms with E-state index in [1.807, 2.05) is 97.1 Å². The van der Waals surface area contributed by atoms with E-state index in [1.165, 1.54) is 9.80 Å². The van der Waals surface area contributed by atoms with Crippen LogP contribution in [0.25, 0.3) is 55.0 Å². The summed E-state index contributed by atoms with van der Waals surface area (Å²) in [6.45, 7) is 0. The molecule has 8 heteroatoms. The first kappa shape index (κ1) is 30.8. The first-order chi connectivity index (χ1) is 26.5. The van der Waals surface area contributed by atoms with Gasteiger partial charge in [0.25, 0.3) is 23.6 Å². The smallest absolute Gasteiger partial charge is 0.263 e. The summed E-state index contributed by atoms with van der Waals surface area (Å²) in [4.78, 5) is 59.8. The zero-order valence-electron chi connectivity index (χ0n) is 29.1. The van der Waals surface area contributed by atoms with E-state index in [0.717, 1.165) is 43.6 Å². The zero-order valence-corrected chi connectivity index (χ0v) is 29.1. The van der Waals surface area contributed by atoms with Gasteiger partial charge in [0.1, 0.15) is 0 Å². The number of carbonyl (C=O) groups excluding carboxylic acids is 4. The lowest BCUT2D eigenvalue weighted by Crippen LogP contribution is -2.47. The molecule has 2 aliphatic heterocycles. The lowest BCUT2D eigenvalue weighted by molar-refractivity contribution is 0.0424. The predicted octanol–water partition coefficient (Wildman–Crippen LogP) is 9.08. The Bertz CT molecular complexity index is 2660. The minimum Gasteiger partial charge on any atom is -0.308 e. The number of aromatic nitrogens is 2. The van der Waals surface area contributed by atoms with Crippen molar-refractivity contribution < 1.29 is 19.2 Å². The molecule has 0 saturated heterocycles. The molecule has 6 aromatic carbocycles. The van der Waals surface area contributed by atoms with Crippen LogP contribution in [0.15, 0.2) is 133 Å². The second-order valence-electron chi connectivity index (χ2n) is 14.6. The van der Waals surface area contributed by atoms with Gasteiger partial charge in [-0.2, -0.15) is 0 Å². The van der Waals surface area contributed by atoms with Crippen molar-refractivity contribution >= 4 is 67.2 Å². The lowest BCUT2D eigenvalue weighted by atomic mass is 9.89. The van der Waals surface area contributed by atoms with Gasteiger partial charge in [-0.1, -0.05) is 84.9 Å². The summed E-state index contributed by atoms with van der Waals surface area (Å²) >= 11 is 0. The van der Waals surface area contributed by atoms with Gasteiger partial charge in [-0.3, -0.25) is 29.0 Å². The van der Waals surface area contributed by atoms with Crippen LogP contribution in [0.1, 0.15) is 67.1 Å². The van der Waals surface area contributed by atoms with Gasteiger partial charge in [0, 0.05) is 33.6 Å². The number of benzene rings is 6. The third kappa shape index (κ3) is 4.08. The minimum atomic E-state index is -0.344. The van der Waals surface area contributed by atoms with Gasteiger partial charge in [-0.15, -0.1) is 0 Å². The van der Waals surface area contributed by atoms with Crippen molar-refractivity contribution in [1.29, 1.82) is 0 Å². The second kappa shape index (κ2) is 11.3. The Morgan fingerprint density at radius 3 is 1.00 bits per heavy atom. The van der Waals surface area contributed by atoms with Crippen LogP contribution >= 0.6 is 0 Å². The number of hydrogen-bond acceptors (Lipinski definition) is 4. The Kier molecular flexibility index (Phi) is 6.47. The third-order valence-electron chi connectivity index (χ3n) is 11.9. The normalized spacial score (nSPS) is 18.5. The quantitative estimate of drug-likeness (QED) is 0.171. The topological polar surface area (TPSA) is 84.6 Å². The number of fused-ring (bicyclic) bond motifs is 8. The van der Waals surface area contributed by atoms with Gasteiger partial charge in [0.05, 0.1) is 55.7 Å². The summed E-state index contributed by atoms with van der Waals surface area (Å²) in [7, 11) is 0. The molecule has 0 unspecified atom stereocenters.